The van der Waals surface area contributed by atoms with E-state index in [1.807, 2.05) is 6.92 Å². The molecule has 4 nitrogen and oxygen atoms in total. The van der Waals surface area contributed by atoms with E-state index in [1.165, 1.54) is 0 Å². The molecule has 1 heterocycles. The molecule has 88 valence electrons. The van der Waals surface area contributed by atoms with E-state index in [2.05, 4.69) is 10.3 Å². The van der Waals surface area contributed by atoms with Gasteiger partial charge in [0.1, 0.15) is 0 Å². The maximum atomic E-state index is 11.7. The van der Waals surface area contributed by atoms with Crippen molar-refractivity contribution in [1.29, 1.82) is 0 Å². The lowest BCUT2D eigenvalue weighted by Crippen LogP contribution is -2.25. The highest BCUT2D eigenvalue weighted by atomic mass is 16.2. The third kappa shape index (κ3) is 3.98. The van der Waals surface area contributed by atoms with Crippen LogP contribution in [0.3, 0.4) is 0 Å². The van der Waals surface area contributed by atoms with Gasteiger partial charge in [0.25, 0.3) is 5.91 Å². The Kier molecular flexibility index (Phi) is 5.50. The van der Waals surface area contributed by atoms with Gasteiger partial charge in [-0.3, -0.25) is 9.78 Å². The molecule has 0 aliphatic carbocycles. The van der Waals surface area contributed by atoms with Gasteiger partial charge < -0.3 is 10.4 Å². The van der Waals surface area contributed by atoms with E-state index >= 15 is 0 Å². The predicted octanol–water partition coefficient (Wildman–Crippen LogP) is 1.28. The minimum Gasteiger partial charge on any atom is -0.396 e. The van der Waals surface area contributed by atoms with E-state index < -0.39 is 0 Å². The van der Waals surface area contributed by atoms with Crippen LogP contribution in [0.5, 0.6) is 0 Å². The molecule has 2 N–H and O–H groups in total. The summed E-state index contributed by atoms with van der Waals surface area (Å²) >= 11 is 0. The van der Waals surface area contributed by atoms with Crippen LogP contribution in [0.15, 0.2) is 18.3 Å². The van der Waals surface area contributed by atoms with Crippen molar-refractivity contribution in [2.75, 3.05) is 13.2 Å². The number of hydrogen-bond acceptors (Lipinski definition) is 3. The summed E-state index contributed by atoms with van der Waals surface area (Å²) in [5.74, 6) is -0.0744. The fraction of sp³-hybridized carbons (Fsp3) is 0.500. The molecule has 0 aromatic carbocycles. The molecule has 0 saturated heterocycles. The maximum absolute atomic E-state index is 11.7. The summed E-state index contributed by atoms with van der Waals surface area (Å²) in [6.07, 6.45) is 4.30. The molecule has 1 aromatic rings. The van der Waals surface area contributed by atoms with Gasteiger partial charge in [-0.2, -0.15) is 0 Å². The predicted molar refractivity (Wildman–Crippen MR) is 62.2 cm³/mol. The van der Waals surface area contributed by atoms with Gasteiger partial charge in [-0.05, 0) is 38.3 Å². The van der Waals surface area contributed by atoms with Crippen LogP contribution in [0.2, 0.25) is 0 Å². The second-order valence-electron chi connectivity index (χ2n) is 3.68. The average molecular weight is 222 g/mol. The maximum Gasteiger partial charge on any atom is 0.253 e. The Labute approximate surface area is 95.7 Å². The van der Waals surface area contributed by atoms with Gasteiger partial charge in [0.05, 0.1) is 5.56 Å². The van der Waals surface area contributed by atoms with Crippen molar-refractivity contribution in [1.82, 2.24) is 10.3 Å². The quantitative estimate of drug-likeness (QED) is 0.713. The largest absolute Gasteiger partial charge is 0.396 e. The van der Waals surface area contributed by atoms with Crippen LogP contribution in [-0.4, -0.2) is 29.1 Å². The van der Waals surface area contributed by atoms with Gasteiger partial charge in [-0.1, -0.05) is 0 Å². The molecule has 0 aliphatic rings. The first kappa shape index (κ1) is 12.6. The van der Waals surface area contributed by atoms with Crippen molar-refractivity contribution in [2.45, 2.75) is 26.2 Å². The Balaban J connectivity index is 2.33. The second kappa shape index (κ2) is 6.95. The van der Waals surface area contributed by atoms with Crippen LogP contribution in [-0.2, 0) is 0 Å². The number of amides is 1. The molecule has 16 heavy (non-hydrogen) atoms. The van der Waals surface area contributed by atoms with Crippen LogP contribution >= 0.6 is 0 Å². The Bertz CT molecular complexity index is 340. The molecule has 0 bridgehead atoms. The minimum absolute atomic E-state index is 0.0744. The first-order chi connectivity index (χ1) is 7.75. The van der Waals surface area contributed by atoms with Gasteiger partial charge in [-0.25, -0.2) is 0 Å². The van der Waals surface area contributed by atoms with Crippen molar-refractivity contribution in [3.63, 3.8) is 0 Å². The van der Waals surface area contributed by atoms with Gasteiger partial charge in [0, 0.05) is 25.0 Å². The van der Waals surface area contributed by atoms with Crippen LogP contribution in [0.1, 0.15) is 35.3 Å². The normalized spacial score (nSPS) is 10.1. The van der Waals surface area contributed by atoms with Crippen molar-refractivity contribution in [3.05, 3.63) is 29.6 Å². The highest BCUT2D eigenvalue weighted by Gasteiger charge is 2.07. The van der Waals surface area contributed by atoms with Gasteiger partial charge in [0.2, 0.25) is 0 Å². The number of aryl methyl sites for hydroxylation is 1. The highest BCUT2D eigenvalue weighted by molar-refractivity contribution is 5.95. The molecular weight excluding hydrogens is 204 g/mol. The second-order valence-corrected chi connectivity index (χ2v) is 3.68. The van der Waals surface area contributed by atoms with Gasteiger partial charge in [-0.15, -0.1) is 0 Å². The van der Waals surface area contributed by atoms with Gasteiger partial charge >= 0.3 is 0 Å². The number of carbonyl (C=O) groups excluding carboxylic acids is 1. The van der Waals surface area contributed by atoms with Crippen molar-refractivity contribution in [2.24, 2.45) is 0 Å². The zero-order chi connectivity index (χ0) is 11.8. The van der Waals surface area contributed by atoms with Crippen molar-refractivity contribution in [3.8, 4) is 0 Å². The summed E-state index contributed by atoms with van der Waals surface area (Å²) in [4.78, 5) is 15.8. The number of aliphatic hydroxyl groups excluding tert-OH is 1. The first-order valence-corrected chi connectivity index (χ1v) is 5.56. The van der Waals surface area contributed by atoms with E-state index in [9.17, 15) is 4.79 Å². The highest BCUT2D eigenvalue weighted by Crippen LogP contribution is 2.03. The van der Waals surface area contributed by atoms with E-state index in [4.69, 9.17) is 5.11 Å². The van der Waals surface area contributed by atoms with Crippen molar-refractivity contribution >= 4 is 5.91 Å². The Hall–Kier alpha value is -1.42. The standard InChI is InChI=1S/C12H18N2O2/c1-10-11(6-5-8-13-10)12(16)14-7-3-2-4-9-15/h5-6,8,15H,2-4,7,9H2,1H3,(H,14,16). The Morgan fingerprint density at radius 2 is 2.25 bits per heavy atom. The fourth-order valence-electron chi connectivity index (χ4n) is 1.43. The lowest BCUT2D eigenvalue weighted by Gasteiger charge is -2.06. The summed E-state index contributed by atoms with van der Waals surface area (Å²) < 4.78 is 0. The molecule has 1 aromatic heterocycles. The third-order valence-corrected chi connectivity index (χ3v) is 2.37. The minimum atomic E-state index is -0.0744. The smallest absolute Gasteiger partial charge is 0.253 e. The number of aliphatic hydroxyl groups is 1. The molecule has 0 saturated carbocycles. The summed E-state index contributed by atoms with van der Waals surface area (Å²) in [7, 11) is 0. The lowest BCUT2D eigenvalue weighted by molar-refractivity contribution is 0.0952. The fourth-order valence-corrected chi connectivity index (χ4v) is 1.43. The van der Waals surface area contributed by atoms with Crippen LogP contribution in [0.25, 0.3) is 0 Å². The summed E-state index contributed by atoms with van der Waals surface area (Å²) in [6.45, 7) is 2.68. The Morgan fingerprint density at radius 1 is 1.44 bits per heavy atom. The number of unbranched alkanes of at least 4 members (excludes halogenated alkanes) is 2. The number of carbonyl (C=O) groups is 1. The molecule has 4 heteroatoms. The zero-order valence-electron chi connectivity index (χ0n) is 9.57. The number of hydrogen-bond donors (Lipinski definition) is 2. The number of nitrogens with one attached hydrogen (secondary N) is 1. The Morgan fingerprint density at radius 3 is 2.94 bits per heavy atom. The van der Waals surface area contributed by atoms with Crippen molar-refractivity contribution < 1.29 is 9.90 Å². The number of aromatic nitrogens is 1. The molecule has 1 rings (SSSR count). The zero-order valence-corrected chi connectivity index (χ0v) is 9.57. The monoisotopic (exact) mass is 222 g/mol. The molecule has 0 spiro atoms. The van der Waals surface area contributed by atoms with E-state index in [-0.39, 0.29) is 12.5 Å². The molecule has 0 atom stereocenters. The van der Waals surface area contributed by atoms with Crippen LogP contribution < -0.4 is 5.32 Å². The lowest BCUT2D eigenvalue weighted by atomic mass is 10.2. The number of pyridine rings is 1. The summed E-state index contributed by atoms with van der Waals surface area (Å²) in [6, 6.07) is 3.53. The van der Waals surface area contributed by atoms with E-state index in [0.29, 0.717) is 12.1 Å². The number of rotatable bonds is 6. The molecule has 1 amide bonds. The molecule has 0 unspecified atom stereocenters. The van der Waals surface area contributed by atoms with E-state index in [0.717, 1.165) is 25.0 Å². The molecule has 0 radical (unpaired) electrons. The van der Waals surface area contributed by atoms with Crippen LogP contribution in [0.4, 0.5) is 0 Å². The topological polar surface area (TPSA) is 62.2 Å². The molecular formula is C12H18N2O2. The third-order valence-electron chi connectivity index (χ3n) is 2.37. The number of nitrogens with zero attached hydrogens (tertiary/aromatic N) is 1. The SMILES string of the molecule is Cc1ncccc1C(=O)NCCCCCO. The summed E-state index contributed by atoms with van der Waals surface area (Å²) in [5, 5.41) is 11.4. The molecule has 0 aliphatic heterocycles. The van der Waals surface area contributed by atoms with E-state index in [1.54, 1.807) is 18.3 Å². The first-order valence-electron chi connectivity index (χ1n) is 5.56. The van der Waals surface area contributed by atoms with Gasteiger partial charge in [0.15, 0.2) is 0 Å². The van der Waals surface area contributed by atoms with Crippen LogP contribution in [0, 0.1) is 6.92 Å². The molecule has 0 fully saturated rings. The summed E-state index contributed by atoms with van der Waals surface area (Å²) in [5.41, 5.74) is 1.38. The average Bonchev–Trinajstić information content (AvgIpc) is 2.29.